The van der Waals surface area contributed by atoms with Gasteiger partial charge in [-0.2, -0.15) is 4.98 Å². The third-order valence-electron chi connectivity index (χ3n) is 4.86. The smallest absolute Gasteiger partial charge is 0.227 e. The van der Waals surface area contributed by atoms with Gasteiger partial charge in [-0.15, -0.1) is 0 Å². The highest BCUT2D eigenvalue weighted by Crippen LogP contribution is 2.27. The molecule has 1 aliphatic rings. The lowest BCUT2D eigenvalue weighted by Gasteiger charge is -2.17. The minimum Gasteiger partial charge on any atom is -0.341 e. The first-order chi connectivity index (χ1) is 13.4. The quantitative estimate of drug-likeness (QED) is 0.595. The number of nitrogens with one attached hydrogen (secondary N) is 1. The second kappa shape index (κ2) is 6.72. The number of benzene rings is 2. The fourth-order valence-corrected chi connectivity index (χ4v) is 3.47. The van der Waals surface area contributed by atoms with Gasteiger partial charge in [0.15, 0.2) is 0 Å². The molecule has 0 saturated carbocycles. The molecule has 0 radical (unpaired) electrons. The van der Waals surface area contributed by atoms with Gasteiger partial charge >= 0.3 is 0 Å². The van der Waals surface area contributed by atoms with Crippen LogP contribution in [0.25, 0.3) is 16.6 Å². The Bertz CT molecular complexity index is 1070. The summed E-state index contributed by atoms with van der Waals surface area (Å²) in [6, 6.07) is 18.2. The van der Waals surface area contributed by atoms with Gasteiger partial charge in [0.25, 0.3) is 0 Å². The van der Waals surface area contributed by atoms with Crippen molar-refractivity contribution >= 4 is 28.5 Å². The van der Waals surface area contributed by atoms with E-state index in [-0.39, 0.29) is 0 Å². The summed E-state index contributed by atoms with van der Waals surface area (Å²) in [5.41, 5.74) is 2.02. The zero-order valence-electron chi connectivity index (χ0n) is 14.9. The molecule has 1 fully saturated rings. The second-order valence-electron chi connectivity index (χ2n) is 6.71. The van der Waals surface area contributed by atoms with Gasteiger partial charge in [-0.05, 0) is 37.1 Å². The molecule has 0 aliphatic carbocycles. The fraction of sp³-hybridized carbons (Fsp3) is 0.190. The Labute approximate surface area is 157 Å². The normalized spacial score (nSPS) is 14.0. The van der Waals surface area contributed by atoms with E-state index in [1.807, 2.05) is 59.6 Å². The first-order valence-corrected chi connectivity index (χ1v) is 9.25. The Morgan fingerprint density at radius 1 is 0.852 bits per heavy atom. The van der Waals surface area contributed by atoms with Gasteiger partial charge in [0, 0.05) is 24.2 Å². The second-order valence-corrected chi connectivity index (χ2v) is 6.71. The maximum Gasteiger partial charge on any atom is 0.227 e. The highest BCUT2D eigenvalue weighted by molar-refractivity contribution is 5.91. The minimum atomic E-state index is 0.759. The van der Waals surface area contributed by atoms with E-state index in [0.717, 1.165) is 47.3 Å². The van der Waals surface area contributed by atoms with Crippen LogP contribution in [0.4, 0.5) is 17.6 Å². The molecule has 1 saturated heterocycles. The number of hydrogen-bond acceptors (Lipinski definition) is 5. The highest BCUT2D eigenvalue weighted by atomic mass is 15.3. The van der Waals surface area contributed by atoms with Crippen LogP contribution in [0, 0.1) is 0 Å². The molecule has 0 unspecified atom stereocenters. The summed E-state index contributed by atoms with van der Waals surface area (Å²) >= 11 is 0. The molecule has 4 aromatic rings. The Balaban J connectivity index is 1.52. The van der Waals surface area contributed by atoms with Crippen LogP contribution in [0.1, 0.15) is 12.8 Å². The molecule has 27 heavy (non-hydrogen) atoms. The third kappa shape index (κ3) is 3.10. The summed E-state index contributed by atoms with van der Waals surface area (Å²) in [4.78, 5) is 16.3. The van der Waals surface area contributed by atoms with Gasteiger partial charge < -0.3 is 14.8 Å². The SMILES string of the molecule is c1ccc(-n2cnc(Nc3nc(N4CCCC4)nc4ccccc34)c2)cc1. The standard InChI is InChI=1S/C21H20N6/c1-2-8-16(9-3-1)27-14-19(22-15-27)24-20-17-10-4-5-11-18(17)23-21(25-20)26-12-6-7-13-26/h1-5,8-11,14-15H,6-7,12-13H2,(H,23,24,25). The van der Waals surface area contributed by atoms with Crippen molar-refractivity contribution in [3.05, 3.63) is 67.1 Å². The summed E-state index contributed by atoms with van der Waals surface area (Å²) in [7, 11) is 0. The van der Waals surface area contributed by atoms with E-state index in [2.05, 4.69) is 27.3 Å². The van der Waals surface area contributed by atoms with Gasteiger partial charge in [0.1, 0.15) is 18.0 Å². The largest absolute Gasteiger partial charge is 0.341 e. The molecule has 6 nitrogen and oxygen atoms in total. The summed E-state index contributed by atoms with van der Waals surface area (Å²) in [6.07, 6.45) is 6.17. The van der Waals surface area contributed by atoms with Crippen LogP contribution < -0.4 is 10.2 Å². The minimum absolute atomic E-state index is 0.759. The van der Waals surface area contributed by atoms with Gasteiger partial charge in [-0.3, -0.25) is 0 Å². The molecule has 6 heteroatoms. The van der Waals surface area contributed by atoms with Crippen LogP contribution in [-0.4, -0.2) is 32.6 Å². The maximum atomic E-state index is 4.81. The topological polar surface area (TPSA) is 58.9 Å². The Kier molecular flexibility index (Phi) is 3.93. The number of fused-ring (bicyclic) bond motifs is 1. The van der Waals surface area contributed by atoms with E-state index in [0.29, 0.717) is 0 Å². The van der Waals surface area contributed by atoms with E-state index in [9.17, 15) is 0 Å². The van der Waals surface area contributed by atoms with Gasteiger partial charge in [-0.25, -0.2) is 9.97 Å². The van der Waals surface area contributed by atoms with Gasteiger partial charge in [0.2, 0.25) is 5.95 Å². The molecule has 0 bridgehead atoms. The van der Waals surface area contributed by atoms with Crippen LogP contribution in [0.2, 0.25) is 0 Å². The van der Waals surface area contributed by atoms with Crippen molar-refractivity contribution < 1.29 is 0 Å². The summed E-state index contributed by atoms with van der Waals surface area (Å²) in [6.45, 7) is 2.03. The van der Waals surface area contributed by atoms with Crippen LogP contribution in [-0.2, 0) is 0 Å². The molecule has 0 amide bonds. The van der Waals surface area contributed by atoms with E-state index in [1.54, 1.807) is 0 Å². The predicted molar refractivity (Wildman–Crippen MR) is 108 cm³/mol. The molecule has 2 aromatic carbocycles. The molecule has 5 rings (SSSR count). The van der Waals surface area contributed by atoms with Crippen molar-refractivity contribution in [2.24, 2.45) is 0 Å². The summed E-state index contributed by atoms with van der Waals surface area (Å²) in [5, 5.41) is 4.39. The Morgan fingerprint density at radius 3 is 2.48 bits per heavy atom. The fourth-order valence-electron chi connectivity index (χ4n) is 3.47. The first kappa shape index (κ1) is 15.8. The van der Waals surface area contributed by atoms with Gasteiger partial charge in [-0.1, -0.05) is 30.3 Å². The zero-order chi connectivity index (χ0) is 18.1. The number of para-hydroxylation sites is 2. The highest BCUT2D eigenvalue weighted by Gasteiger charge is 2.17. The van der Waals surface area contributed by atoms with Crippen molar-refractivity contribution in [2.45, 2.75) is 12.8 Å². The van der Waals surface area contributed by atoms with Crippen molar-refractivity contribution in [1.29, 1.82) is 0 Å². The lowest BCUT2D eigenvalue weighted by molar-refractivity contribution is 0.908. The maximum absolute atomic E-state index is 4.81. The van der Waals surface area contributed by atoms with E-state index in [4.69, 9.17) is 9.97 Å². The van der Waals surface area contributed by atoms with Crippen LogP contribution in [0.5, 0.6) is 0 Å². The van der Waals surface area contributed by atoms with E-state index < -0.39 is 0 Å². The van der Waals surface area contributed by atoms with Crippen molar-refractivity contribution in [1.82, 2.24) is 19.5 Å². The Hall–Kier alpha value is -3.41. The van der Waals surface area contributed by atoms with Crippen LogP contribution >= 0.6 is 0 Å². The van der Waals surface area contributed by atoms with Crippen LogP contribution in [0.15, 0.2) is 67.1 Å². The monoisotopic (exact) mass is 356 g/mol. The molecule has 0 atom stereocenters. The Morgan fingerprint density at radius 2 is 1.63 bits per heavy atom. The molecule has 134 valence electrons. The number of nitrogens with zero attached hydrogens (tertiary/aromatic N) is 5. The number of hydrogen-bond donors (Lipinski definition) is 1. The lowest BCUT2D eigenvalue weighted by Crippen LogP contribution is -2.20. The van der Waals surface area contributed by atoms with Crippen molar-refractivity contribution in [3.63, 3.8) is 0 Å². The lowest BCUT2D eigenvalue weighted by atomic mass is 10.2. The van der Waals surface area contributed by atoms with Crippen LogP contribution in [0.3, 0.4) is 0 Å². The van der Waals surface area contributed by atoms with Gasteiger partial charge in [0.05, 0.1) is 11.7 Å². The number of rotatable bonds is 4. The van der Waals surface area contributed by atoms with E-state index in [1.165, 1.54) is 12.8 Å². The number of anilines is 3. The average molecular weight is 356 g/mol. The first-order valence-electron chi connectivity index (χ1n) is 9.25. The average Bonchev–Trinajstić information content (AvgIpc) is 3.41. The molecular formula is C21H20N6. The number of aromatic nitrogens is 4. The number of imidazole rings is 1. The zero-order valence-corrected chi connectivity index (χ0v) is 14.9. The van der Waals surface area contributed by atoms with Crippen molar-refractivity contribution in [2.75, 3.05) is 23.3 Å². The third-order valence-corrected chi connectivity index (χ3v) is 4.86. The summed E-state index contributed by atoms with van der Waals surface area (Å²) in [5.74, 6) is 2.34. The molecule has 2 aromatic heterocycles. The molecular weight excluding hydrogens is 336 g/mol. The molecule has 0 spiro atoms. The summed E-state index contributed by atoms with van der Waals surface area (Å²) < 4.78 is 1.99. The van der Waals surface area contributed by atoms with E-state index >= 15 is 0 Å². The molecule has 1 aliphatic heterocycles. The van der Waals surface area contributed by atoms with Crippen molar-refractivity contribution in [3.8, 4) is 5.69 Å². The predicted octanol–water partition coefficient (Wildman–Crippen LogP) is 4.16. The molecule has 3 heterocycles. The molecule has 1 N–H and O–H groups in total.